The van der Waals surface area contributed by atoms with Gasteiger partial charge in [-0.25, -0.2) is 0 Å². The Balaban J connectivity index is 1.60. The fraction of sp³-hybridized carbons (Fsp3) is 0.667. The summed E-state index contributed by atoms with van der Waals surface area (Å²) in [6.07, 6.45) is 6.95. The second-order valence-corrected chi connectivity index (χ2v) is 6.71. The van der Waals surface area contributed by atoms with Crippen molar-refractivity contribution in [2.75, 3.05) is 26.3 Å². The molecule has 3 aliphatic rings. The van der Waals surface area contributed by atoms with Gasteiger partial charge in [-0.15, -0.1) is 0 Å². The summed E-state index contributed by atoms with van der Waals surface area (Å²) in [6.45, 7) is 3.67. The molecule has 1 aromatic rings. The number of piperidine rings is 1. The van der Waals surface area contributed by atoms with Gasteiger partial charge >= 0.3 is 0 Å². The first-order chi connectivity index (χ1) is 10.4. The largest absolute Gasteiger partial charge is 0.486 e. The molecule has 0 spiro atoms. The molecule has 1 saturated heterocycles. The Kier molecular flexibility index (Phi) is 3.76. The Labute approximate surface area is 127 Å². The third kappa shape index (κ3) is 2.64. The van der Waals surface area contributed by atoms with Crippen LogP contribution in [0.25, 0.3) is 0 Å². The zero-order valence-corrected chi connectivity index (χ0v) is 12.6. The van der Waals surface area contributed by atoms with Gasteiger partial charge in [-0.1, -0.05) is 31.7 Å². The van der Waals surface area contributed by atoms with Gasteiger partial charge < -0.3 is 14.8 Å². The summed E-state index contributed by atoms with van der Waals surface area (Å²) in [5, 5.41) is 3.62. The zero-order chi connectivity index (χ0) is 14.1. The van der Waals surface area contributed by atoms with Crippen LogP contribution in [0.15, 0.2) is 18.2 Å². The van der Waals surface area contributed by atoms with Crippen LogP contribution in [0, 0.1) is 11.8 Å². The SMILES string of the molecule is c1cc2c(cc1C1CCNCC1C1CCCC1)OCCO2. The molecule has 1 saturated carbocycles. The third-order valence-electron chi connectivity index (χ3n) is 5.53. The Morgan fingerprint density at radius 1 is 0.952 bits per heavy atom. The van der Waals surface area contributed by atoms with Crippen molar-refractivity contribution in [2.45, 2.75) is 38.0 Å². The van der Waals surface area contributed by atoms with E-state index in [2.05, 4.69) is 23.5 Å². The highest BCUT2D eigenvalue weighted by atomic mass is 16.6. The van der Waals surface area contributed by atoms with Crippen LogP contribution in [0.1, 0.15) is 43.6 Å². The highest BCUT2D eigenvalue weighted by Crippen LogP contribution is 2.43. The Morgan fingerprint density at radius 3 is 2.62 bits per heavy atom. The van der Waals surface area contributed by atoms with Crippen molar-refractivity contribution in [1.29, 1.82) is 0 Å². The van der Waals surface area contributed by atoms with Crippen LogP contribution < -0.4 is 14.8 Å². The van der Waals surface area contributed by atoms with Crippen LogP contribution >= 0.6 is 0 Å². The predicted molar refractivity (Wildman–Crippen MR) is 83.1 cm³/mol. The molecule has 2 atom stereocenters. The topological polar surface area (TPSA) is 30.5 Å². The lowest BCUT2D eigenvalue weighted by Gasteiger charge is -2.37. The van der Waals surface area contributed by atoms with E-state index >= 15 is 0 Å². The summed E-state index contributed by atoms with van der Waals surface area (Å²) in [5.74, 6) is 4.25. The molecule has 2 fully saturated rings. The third-order valence-corrected chi connectivity index (χ3v) is 5.53. The maximum Gasteiger partial charge on any atom is 0.161 e. The smallest absolute Gasteiger partial charge is 0.161 e. The van der Waals surface area contributed by atoms with Gasteiger partial charge in [-0.2, -0.15) is 0 Å². The van der Waals surface area contributed by atoms with Crippen molar-refractivity contribution < 1.29 is 9.47 Å². The summed E-state index contributed by atoms with van der Waals surface area (Å²) in [6, 6.07) is 6.62. The van der Waals surface area contributed by atoms with Crippen molar-refractivity contribution in [3.8, 4) is 11.5 Å². The van der Waals surface area contributed by atoms with Gasteiger partial charge in [0, 0.05) is 0 Å². The first kappa shape index (κ1) is 13.4. The van der Waals surface area contributed by atoms with Crippen LogP contribution in [0.2, 0.25) is 0 Å². The molecule has 3 heteroatoms. The number of hydrogen-bond acceptors (Lipinski definition) is 3. The van der Waals surface area contributed by atoms with Crippen LogP contribution in [-0.2, 0) is 0 Å². The number of benzene rings is 1. The summed E-state index contributed by atoms with van der Waals surface area (Å²) in [5.41, 5.74) is 1.46. The zero-order valence-electron chi connectivity index (χ0n) is 12.6. The molecule has 2 heterocycles. The standard InChI is InChI=1S/C18H25NO2/c1-2-4-13(3-1)16-12-19-8-7-15(16)14-5-6-17-18(11-14)21-10-9-20-17/h5-6,11,13,15-16,19H,1-4,7-10,12H2. The first-order valence-corrected chi connectivity index (χ1v) is 8.52. The lowest BCUT2D eigenvalue weighted by atomic mass is 9.73. The van der Waals surface area contributed by atoms with Crippen molar-refractivity contribution >= 4 is 0 Å². The Hall–Kier alpha value is -1.22. The molecule has 0 radical (unpaired) electrons. The normalized spacial score (nSPS) is 29.5. The fourth-order valence-corrected chi connectivity index (χ4v) is 4.47. The average Bonchev–Trinajstić information content (AvgIpc) is 3.09. The quantitative estimate of drug-likeness (QED) is 0.905. The van der Waals surface area contributed by atoms with Crippen molar-refractivity contribution in [1.82, 2.24) is 5.32 Å². The number of nitrogens with one attached hydrogen (secondary N) is 1. The monoisotopic (exact) mass is 287 g/mol. The molecule has 114 valence electrons. The van der Waals surface area contributed by atoms with Crippen LogP contribution in [0.3, 0.4) is 0 Å². The van der Waals surface area contributed by atoms with Gasteiger partial charge in [0.1, 0.15) is 13.2 Å². The van der Waals surface area contributed by atoms with E-state index in [-0.39, 0.29) is 0 Å². The minimum atomic E-state index is 0.671. The molecular weight excluding hydrogens is 262 g/mol. The van der Waals surface area contributed by atoms with E-state index in [9.17, 15) is 0 Å². The van der Waals surface area contributed by atoms with E-state index in [0.717, 1.165) is 29.9 Å². The molecule has 2 aliphatic heterocycles. The van der Waals surface area contributed by atoms with Crippen LogP contribution in [0.4, 0.5) is 0 Å². The van der Waals surface area contributed by atoms with Gasteiger partial charge in [0.15, 0.2) is 11.5 Å². The average molecular weight is 287 g/mol. The highest BCUT2D eigenvalue weighted by molar-refractivity contribution is 5.45. The second-order valence-electron chi connectivity index (χ2n) is 6.71. The lowest BCUT2D eigenvalue weighted by Crippen LogP contribution is -2.38. The van der Waals surface area contributed by atoms with Crippen LogP contribution in [-0.4, -0.2) is 26.3 Å². The maximum absolute atomic E-state index is 5.78. The summed E-state index contributed by atoms with van der Waals surface area (Å²) in [4.78, 5) is 0. The van der Waals surface area contributed by atoms with E-state index in [0.29, 0.717) is 19.1 Å². The van der Waals surface area contributed by atoms with Gasteiger partial charge in [0.2, 0.25) is 0 Å². The molecule has 2 unspecified atom stereocenters. The summed E-state index contributed by atoms with van der Waals surface area (Å²) in [7, 11) is 0. The fourth-order valence-electron chi connectivity index (χ4n) is 4.47. The molecule has 1 N–H and O–H groups in total. The van der Waals surface area contributed by atoms with Gasteiger partial charge in [0.05, 0.1) is 0 Å². The van der Waals surface area contributed by atoms with E-state index in [1.54, 1.807) is 0 Å². The minimum Gasteiger partial charge on any atom is -0.486 e. The Morgan fingerprint density at radius 2 is 1.76 bits per heavy atom. The number of hydrogen-bond donors (Lipinski definition) is 1. The van der Waals surface area contributed by atoms with Crippen molar-refractivity contribution in [3.63, 3.8) is 0 Å². The molecule has 1 aliphatic carbocycles. The van der Waals surface area contributed by atoms with Gasteiger partial charge in [-0.05, 0) is 55.0 Å². The number of rotatable bonds is 2. The van der Waals surface area contributed by atoms with Crippen molar-refractivity contribution in [2.24, 2.45) is 11.8 Å². The molecule has 3 nitrogen and oxygen atoms in total. The van der Waals surface area contributed by atoms with Crippen molar-refractivity contribution in [3.05, 3.63) is 23.8 Å². The van der Waals surface area contributed by atoms with Crippen LogP contribution in [0.5, 0.6) is 11.5 Å². The van der Waals surface area contributed by atoms with E-state index < -0.39 is 0 Å². The maximum atomic E-state index is 5.78. The second kappa shape index (κ2) is 5.88. The molecule has 1 aromatic carbocycles. The Bertz CT molecular complexity index is 496. The molecule has 0 aromatic heterocycles. The molecule has 0 bridgehead atoms. The van der Waals surface area contributed by atoms with Gasteiger partial charge in [-0.3, -0.25) is 0 Å². The summed E-state index contributed by atoms with van der Waals surface area (Å²) < 4.78 is 11.4. The number of fused-ring (bicyclic) bond motifs is 1. The lowest BCUT2D eigenvalue weighted by molar-refractivity contribution is 0.170. The molecule has 4 rings (SSSR count). The van der Waals surface area contributed by atoms with Gasteiger partial charge in [0.25, 0.3) is 0 Å². The molecule has 21 heavy (non-hydrogen) atoms. The van der Waals surface area contributed by atoms with E-state index in [1.165, 1.54) is 44.2 Å². The van der Waals surface area contributed by atoms with E-state index in [4.69, 9.17) is 9.47 Å². The highest BCUT2D eigenvalue weighted by Gasteiger charge is 2.34. The van der Waals surface area contributed by atoms with E-state index in [1.807, 2.05) is 0 Å². The first-order valence-electron chi connectivity index (χ1n) is 8.52. The predicted octanol–water partition coefficient (Wildman–Crippen LogP) is 3.34. The minimum absolute atomic E-state index is 0.671. The molecule has 0 amide bonds. The molecular formula is C18H25NO2. The summed E-state index contributed by atoms with van der Waals surface area (Å²) >= 11 is 0. The number of ether oxygens (including phenoxy) is 2.